The van der Waals surface area contributed by atoms with Gasteiger partial charge in [0.05, 0.1) is 11.0 Å². The number of aromatic nitrogens is 4. The third-order valence-corrected chi connectivity index (χ3v) is 3.68. The molecule has 7 heteroatoms. The normalized spacial score (nSPS) is 12.1. The second kappa shape index (κ2) is 6.33. The summed E-state index contributed by atoms with van der Waals surface area (Å²) >= 11 is 1.50. The number of nitrogens with zero attached hydrogens (tertiary/aromatic N) is 4. The van der Waals surface area contributed by atoms with E-state index < -0.39 is 0 Å². The van der Waals surface area contributed by atoms with E-state index in [0.29, 0.717) is 5.75 Å². The highest BCUT2D eigenvalue weighted by Gasteiger charge is 2.14. The first kappa shape index (κ1) is 13.5. The van der Waals surface area contributed by atoms with Crippen molar-refractivity contribution < 1.29 is 4.79 Å². The van der Waals surface area contributed by atoms with Crippen LogP contribution in [0.15, 0.2) is 30.3 Å². The number of tetrazole rings is 1. The lowest BCUT2D eigenvalue weighted by Crippen LogP contribution is -2.15. The van der Waals surface area contributed by atoms with E-state index in [1.54, 1.807) is 11.7 Å². The number of hydrogen-bond acceptors (Lipinski definition) is 5. The Morgan fingerprint density at radius 3 is 2.79 bits per heavy atom. The van der Waals surface area contributed by atoms with Gasteiger partial charge in [-0.1, -0.05) is 18.2 Å². The zero-order chi connectivity index (χ0) is 13.7. The van der Waals surface area contributed by atoms with Gasteiger partial charge in [0.15, 0.2) is 5.82 Å². The van der Waals surface area contributed by atoms with Crippen molar-refractivity contribution in [2.24, 2.45) is 7.05 Å². The molecule has 0 saturated carbocycles. The number of hydrogen-bond donors (Lipinski definition) is 1. The molecule has 1 N–H and O–H groups in total. The van der Waals surface area contributed by atoms with E-state index in [-0.39, 0.29) is 11.2 Å². The van der Waals surface area contributed by atoms with Crippen molar-refractivity contribution in [3.63, 3.8) is 0 Å². The Hall–Kier alpha value is -1.89. The maximum atomic E-state index is 11.8. The molecule has 6 nitrogen and oxygen atoms in total. The number of anilines is 1. The van der Waals surface area contributed by atoms with Gasteiger partial charge in [0.2, 0.25) is 5.91 Å². The van der Waals surface area contributed by atoms with Crippen molar-refractivity contribution in [3.05, 3.63) is 36.2 Å². The molecule has 0 aliphatic heterocycles. The van der Waals surface area contributed by atoms with Crippen LogP contribution in [0.25, 0.3) is 0 Å². The van der Waals surface area contributed by atoms with Crippen molar-refractivity contribution in [2.75, 3.05) is 11.1 Å². The molecule has 0 radical (unpaired) electrons. The second-order valence-electron chi connectivity index (χ2n) is 4.03. The Morgan fingerprint density at radius 1 is 1.42 bits per heavy atom. The molecule has 1 aromatic heterocycles. The van der Waals surface area contributed by atoms with Gasteiger partial charge >= 0.3 is 0 Å². The summed E-state index contributed by atoms with van der Waals surface area (Å²) < 4.78 is 1.62. The number of nitrogens with one attached hydrogen (secondary N) is 1. The minimum Gasteiger partial charge on any atom is -0.325 e. The predicted molar refractivity (Wildman–Crippen MR) is 74.7 cm³/mol. The molecule has 19 heavy (non-hydrogen) atoms. The fraction of sp³-hybridized carbons (Fsp3) is 0.333. The molecule has 2 aromatic rings. The average molecular weight is 277 g/mol. The zero-order valence-corrected chi connectivity index (χ0v) is 11.6. The SMILES string of the molecule is CC(SCC(=O)Nc1ccccc1)c1nnnn1C. The summed E-state index contributed by atoms with van der Waals surface area (Å²) in [5.74, 6) is 1.10. The Labute approximate surface area is 115 Å². The topological polar surface area (TPSA) is 72.7 Å². The van der Waals surface area contributed by atoms with Gasteiger partial charge in [0.1, 0.15) is 0 Å². The summed E-state index contributed by atoms with van der Waals surface area (Å²) in [5.41, 5.74) is 0.807. The number of rotatable bonds is 5. The molecule has 1 aromatic carbocycles. The predicted octanol–water partition coefficient (Wildman–Crippen LogP) is 1.64. The Bertz CT molecular complexity index is 542. The smallest absolute Gasteiger partial charge is 0.234 e. The minimum atomic E-state index is -0.0295. The number of carbonyl (C=O) groups excluding carboxylic acids is 1. The third kappa shape index (κ3) is 3.78. The van der Waals surface area contributed by atoms with Gasteiger partial charge in [-0.05, 0) is 29.5 Å². The molecule has 0 fully saturated rings. The Balaban J connectivity index is 1.82. The highest BCUT2D eigenvalue weighted by molar-refractivity contribution is 8.00. The molecule has 0 aliphatic carbocycles. The van der Waals surface area contributed by atoms with Crippen LogP contribution in [0.2, 0.25) is 0 Å². The van der Waals surface area contributed by atoms with Crippen LogP contribution in [0.1, 0.15) is 18.0 Å². The number of para-hydroxylation sites is 1. The van der Waals surface area contributed by atoms with E-state index in [9.17, 15) is 4.79 Å². The lowest BCUT2D eigenvalue weighted by atomic mass is 10.3. The van der Waals surface area contributed by atoms with Gasteiger partial charge in [0, 0.05) is 12.7 Å². The molecular weight excluding hydrogens is 262 g/mol. The van der Waals surface area contributed by atoms with Crippen LogP contribution in [0.5, 0.6) is 0 Å². The van der Waals surface area contributed by atoms with Crippen LogP contribution >= 0.6 is 11.8 Å². The fourth-order valence-electron chi connectivity index (χ4n) is 1.57. The molecule has 100 valence electrons. The molecule has 0 spiro atoms. The minimum absolute atomic E-state index is 0.0295. The lowest BCUT2D eigenvalue weighted by molar-refractivity contribution is -0.113. The number of aryl methyl sites for hydroxylation is 1. The maximum absolute atomic E-state index is 11.8. The summed E-state index contributed by atoms with van der Waals surface area (Å²) in [5, 5.41) is 14.2. The van der Waals surface area contributed by atoms with E-state index in [2.05, 4.69) is 20.8 Å². The van der Waals surface area contributed by atoms with Gasteiger partial charge in [-0.2, -0.15) is 0 Å². The quantitative estimate of drug-likeness (QED) is 0.899. The average Bonchev–Trinajstić information content (AvgIpc) is 2.83. The molecule has 1 amide bonds. The van der Waals surface area contributed by atoms with Crippen LogP contribution in [-0.2, 0) is 11.8 Å². The third-order valence-electron chi connectivity index (χ3n) is 2.54. The van der Waals surface area contributed by atoms with Crippen LogP contribution in [0.3, 0.4) is 0 Å². The van der Waals surface area contributed by atoms with Gasteiger partial charge in [-0.25, -0.2) is 4.68 Å². The first-order valence-corrected chi connectivity index (χ1v) is 6.90. The highest BCUT2D eigenvalue weighted by Crippen LogP contribution is 2.25. The van der Waals surface area contributed by atoms with E-state index in [1.807, 2.05) is 37.3 Å². The van der Waals surface area contributed by atoms with E-state index in [4.69, 9.17) is 0 Å². The van der Waals surface area contributed by atoms with Gasteiger partial charge in [-0.3, -0.25) is 4.79 Å². The van der Waals surface area contributed by atoms with Crippen molar-refractivity contribution in [1.82, 2.24) is 20.2 Å². The first-order chi connectivity index (χ1) is 9.16. The van der Waals surface area contributed by atoms with E-state index in [1.165, 1.54) is 11.8 Å². The summed E-state index contributed by atoms with van der Waals surface area (Å²) in [6, 6.07) is 9.40. The first-order valence-electron chi connectivity index (χ1n) is 5.85. The molecular formula is C12H15N5OS. The van der Waals surface area contributed by atoms with Crippen molar-refractivity contribution in [3.8, 4) is 0 Å². The monoisotopic (exact) mass is 277 g/mol. The van der Waals surface area contributed by atoms with Gasteiger partial charge < -0.3 is 5.32 Å². The number of thioether (sulfide) groups is 1. The summed E-state index contributed by atoms with van der Waals surface area (Å²) in [6.45, 7) is 1.98. The maximum Gasteiger partial charge on any atom is 0.234 e. The van der Waals surface area contributed by atoms with Crippen LogP contribution in [0, 0.1) is 0 Å². The number of amides is 1. The van der Waals surface area contributed by atoms with Gasteiger partial charge in [0.25, 0.3) is 0 Å². The van der Waals surface area contributed by atoms with Crippen molar-refractivity contribution in [2.45, 2.75) is 12.2 Å². The molecule has 0 saturated heterocycles. The van der Waals surface area contributed by atoms with E-state index >= 15 is 0 Å². The fourth-order valence-corrected chi connectivity index (χ4v) is 2.40. The Kier molecular flexibility index (Phi) is 4.51. The molecule has 0 aliphatic rings. The van der Waals surface area contributed by atoms with Crippen molar-refractivity contribution >= 4 is 23.4 Å². The molecule has 1 unspecified atom stereocenters. The largest absolute Gasteiger partial charge is 0.325 e. The van der Waals surface area contributed by atoms with Crippen molar-refractivity contribution in [1.29, 1.82) is 0 Å². The molecule has 2 rings (SSSR count). The summed E-state index contributed by atoms with van der Waals surface area (Å²) in [7, 11) is 1.79. The summed E-state index contributed by atoms with van der Waals surface area (Å²) in [6.07, 6.45) is 0. The highest BCUT2D eigenvalue weighted by atomic mass is 32.2. The van der Waals surface area contributed by atoms with E-state index in [0.717, 1.165) is 11.5 Å². The molecule has 0 bridgehead atoms. The Morgan fingerprint density at radius 2 is 2.16 bits per heavy atom. The molecule has 1 heterocycles. The van der Waals surface area contributed by atoms with Gasteiger partial charge in [-0.15, -0.1) is 16.9 Å². The number of benzene rings is 1. The lowest BCUT2D eigenvalue weighted by Gasteiger charge is -2.09. The number of carbonyl (C=O) groups is 1. The van der Waals surface area contributed by atoms with Crippen LogP contribution in [-0.4, -0.2) is 31.9 Å². The zero-order valence-electron chi connectivity index (χ0n) is 10.8. The standard InChI is InChI=1S/C12H15N5OS/c1-9(12-14-15-16-17(12)2)19-8-11(18)13-10-6-4-3-5-7-10/h3-7,9H,8H2,1-2H3,(H,13,18). The summed E-state index contributed by atoms with van der Waals surface area (Å²) in [4.78, 5) is 11.8. The second-order valence-corrected chi connectivity index (χ2v) is 5.36. The van der Waals surface area contributed by atoms with Crippen LogP contribution < -0.4 is 5.32 Å². The molecule has 1 atom stereocenters. The van der Waals surface area contributed by atoms with Crippen LogP contribution in [0.4, 0.5) is 5.69 Å².